The fourth-order valence-corrected chi connectivity index (χ4v) is 3.61. The van der Waals surface area contributed by atoms with Crippen molar-refractivity contribution in [3.8, 4) is 0 Å². The van der Waals surface area contributed by atoms with Crippen molar-refractivity contribution in [3.63, 3.8) is 0 Å². The van der Waals surface area contributed by atoms with Gasteiger partial charge in [0.1, 0.15) is 0 Å². The average Bonchev–Trinajstić information content (AvgIpc) is 2.85. The van der Waals surface area contributed by atoms with Crippen molar-refractivity contribution in [2.75, 3.05) is 4.72 Å². The molecule has 0 aromatic carbocycles. The van der Waals surface area contributed by atoms with E-state index in [2.05, 4.69) is 36.1 Å². The van der Waals surface area contributed by atoms with Crippen molar-refractivity contribution >= 4 is 31.6 Å². The number of hydrogen-bond donors (Lipinski definition) is 1. The van der Waals surface area contributed by atoms with Crippen molar-refractivity contribution in [1.82, 2.24) is 24.8 Å². The summed E-state index contributed by atoms with van der Waals surface area (Å²) in [4.78, 5) is 0. The van der Waals surface area contributed by atoms with Crippen molar-refractivity contribution in [1.29, 1.82) is 0 Å². The number of anilines is 1. The topological polar surface area (TPSA) is 94.7 Å². The van der Waals surface area contributed by atoms with Gasteiger partial charge in [-0.3, -0.25) is 9.40 Å². The molecule has 104 valence electrons. The number of halogens is 1. The van der Waals surface area contributed by atoms with E-state index in [0.717, 1.165) is 0 Å². The molecule has 0 aliphatic carbocycles. The SMILES string of the molecule is CC(C)n1cc(NS(=O)(=O)c2c(Br)nnn2C)cn1. The average molecular weight is 349 g/mol. The minimum atomic E-state index is -3.76. The third-order valence-electron chi connectivity index (χ3n) is 2.37. The summed E-state index contributed by atoms with van der Waals surface area (Å²) in [5.41, 5.74) is 0.391. The third-order valence-corrected chi connectivity index (χ3v) is 4.64. The number of aryl methyl sites for hydroxylation is 1. The first-order valence-electron chi connectivity index (χ1n) is 5.43. The van der Waals surface area contributed by atoms with Gasteiger partial charge in [0, 0.05) is 19.3 Å². The van der Waals surface area contributed by atoms with Gasteiger partial charge in [0.2, 0.25) is 5.03 Å². The lowest BCUT2D eigenvalue weighted by atomic mass is 10.4. The monoisotopic (exact) mass is 348 g/mol. The summed E-state index contributed by atoms with van der Waals surface area (Å²) >= 11 is 3.06. The predicted molar refractivity (Wildman–Crippen MR) is 72.1 cm³/mol. The summed E-state index contributed by atoms with van der Waals surface area (Å²) in [6, 6.07) is 0.156. The van der Waals surface area contributed by atoms with Crippen LogP contribution in [0.2, 0.25) is 0 Å². The van der Waals surface area contributed by atoms with E-state index >= 15 is 0 Å². The quantitative estimate of drug-likeness (QED) is 0.894. The summed E-state index contributed by atoms with van der Waals surface area (Å²) in [6.45, 7) is 3.90. The molecule has 0 aliphatic rings. The number of hydrogen-bond acceptors (Lipinski definition) is 5. The minimum Gasteiger partial charge on any atom is -0.275 e. The third kappa shape index (κ3) is 2.78. The summed E-state index contributed by atoms with van der Waals surface area (Å²) in [6.07, 6.45) is 3.08. The van der Waals surface area contributed by atoms with Crippen LogP contribution >= 0.6 is 15.9 Å². The van der Waals surface area contributed by atoms with Gasteiger partial charge < -0.3 is 0 Å². The molecule has 0 atom stereocenters. The second-order valence-electron chi connectivity index (χ2n) is 4.22. The maximum Gasteiger partial charge on any atom is 0.282 e. The van der Waals surface area contributed by atoms with Gasteiger partial charge in [-0.15, -0.1) is 5.10 Å². The molecule has 10 heteroatoms. The highest BCUT2D eigenvalue weighted by Gasteiger charge is 2.24. The molecule has 0 radical (unpaired) electrons. The number of nitrogens with zero attached hydrogens (tertiary/aromatic N) is 5. The molecule has 0 aliphatic heterocycles. The Bertz CT molecular complexity index is 670. The molecule has 0 spiro atoms. The molecular weight excluding hydrogens is 336 g/mol. The molecule has 1 N–H and O–H groups in total. The normalized spacial score (nSPS) is 12.1. The van der Waals surface area contributed by atoms with Crippen LogP contribution in [-0.4, -0.2) is 33.2 Å². The number of rotatable bonds is 4. The van der Waals surface area contributed by atoms with Crippen molar-refractivity contribution in [3.05, 3.63) is 17.0 Å². The second kappa shape index (κ2) is 4.93. The van der Waals surface area contributed by atoms with Crippen LogP contribution in [-0.2, 0) is 17.1 Å². The number of aromatic nitrogens is 5. The van der Waals surface area contributed by atoms with Crippen molar-refractivity contribution in [2.24, 2.45) is 7.05 Å². The number of nitrogens with one attached hydrogen (secondary N) is 1. The molecule has 0 bridgehead atoms. The molecule has 0 fully saturated rings. The van der Waals surface area contributed by atoms with Crippen LogP contribution < -0.4 is 4.72 Å². The van der Waals surface area contributed by atoms with Crippen LogP contribution in [0.1, 0.15) is 19.9 Å². The van der Waals surface area contributed by atoms with E-state index in [1.54, 1.807) is 10.9 Å². The van der Waals surface area contributed by atoms with E-state index in [1.807, 2.05) is 13.8 Å². The summed E-state index contributed by atoms with van der Waals surface area (Å²) in [5, 5.41) is 11.3. The van der Waals surface area contributed by atoms with Crippen LogP contribution in [0, 0.1) is 0 Å². The molecular formula is C9H13BrN6O2S. The molecule has 2 aromatic rings. The van der Waals surface area contributed by atoms with Crippen LogP contribution in [0.3, 0.4) is 0 Å². The largest absolute Gasteiger partial charge is 0.282 e. The Morgan fingerprint density at radius 1 is 1.42 bits per heavy atom. The van der Waals surface area contributed by atoms with Gasteiger partial charge in [0.05, 0.1) is 11.9 Å². The van der Waals surface area contributed by atoms with Crippen LogP contribution in [0.4, 0.5) is 5.69 Å². The van der Waals surface area contributed by atoms with Crippen LogP contribution in [0.5, 0.6) is 0 Å². The molecule has 8 nitrogen and oxygen atoms in total. The lowest BCUT2D eigenvalue weighted by Crippen LogP contribution is -2.17. The van der Waals surface area contributed by atoms with Crippen molar-refractivity contribution in [2.45, 2.75) is 24.9 Å². The lowest BCUT2D eigenvalue weighted by Gasteiger charge is -2.06. The summed E-state index contributed by atoms with van der Waals surface area (Å²) in [7, 11) is -2.25. The fraction of sp³-hybridized carbons (Fsp3) is 0.444. The van der Waals surface area contributed by atoms with E-state index in [4.69, 9.17) is 0 Å². The first-order valence-corrected chi connectivity index (χ1v) is 7.71. The molecule has 0 amide bonds. The molecule has 0 unspecified atom stereocenters. The smallest absolute Gasteiger partial charge is 0.275 e. The standard InChI is InChI=1S/C9H13BrN6O2S/c1-6(2)16-5-7(4-11-16)13-19(17,18)9-8(10)12-14-15(9)3/h4-6,13H,1-3H3. The zero-order chi connectivity index (χ0) is 14.2. The molecule has 2 rings (SSSR count). The van der Waals surface area contributed by atoms with E-state index in [9.17, 15) is 8.42 Å². The second-order valence-corrected chi connectivity index (χ2v) is 6.57. The van der Waals surface area contributed by atoms with E-state index in [0.29, 0.717) is 5.69 Å². The highest BCUT2D eigenvalue weighted by Crippen LogP contribution is 2.21. The van der Waals surface area contributed by atoms with E-state index in [-0.39, 0.29) is 15.7 Å². The fourth-order valence-electron chi connectivity index (χ4n) is 1.48. The maximum absolute atomic E-state index is 12.2. The van der Waals surface area contributed by atoms with Gasteiger partial charge in [-0.05, 0) is 29.8 Å². The lowest BCUT2D eigenvalue weighted by molar-refractivity contribution is 0.532. The van der Waals surface area contributed by atoms with Gasteiger partial charge in [0.15, 0.2) is 4.60 Å². The van der Waals surface area contributed by atoms with Crippen molar-refractivity contribution < 1.29 is 8.42 Å². The predicted octanol–water partition coefficient (Wildman–Crippen LogP) is 1.16. The number of sulfonamides is 1. The Labute approximate surface area is 119 Å². The Kier molecular flexibility index (Phi) is 3.63. The summed E-state index contributed by atoms with van der Waals surface area (Å²) < 4.78 is 29.9. The Morgan fingerprint density at radius 2 is 2.11 bits per heavy atom. The van der Waals surface area contributed by atoms with E-state index < -0.39 is 10.0 Å². The summed E-state index contributed by atoms with van der Waals surface area (Å²) in [5.74, 6) is 0. The van der Waals surface area contributed by atoms with Gasteiger partial charge in [-0.1, -0.05) is 5.21 Å². The van der Waals surface area contributed by atoms with Gasteiger partial charge >= 0.3 is 0 Å². The Balaban J connectivity index is 2.31. The molecule has 0 saturated heterocycles. The first-order chi connectivity index (χ1) is 8.81. The van der Waals surface area contributed by atoms with Crippen LogP contribution in [0.15, 0.2) is 22.0 Å². The molecule has 2 aromatic heterocycles. The minimum absolute atomic E-state index is 0.0372. The van der Waals surface area contributed by atoms with Gasteiger partial charge in [0.25, 0.3) is 10.0 Å². The van der Waals surface area contributed by atoms with Gasteiger partial charge in [-0.25, -0.2) is 4.68 Å². The van der Waals surface area contributed by atoms with Crippen LogP contribution in [0.25, 0.3) is 0 Å². The molecule has 0 saturated carbocycles. The van der Waals surface area contributed by atoms with E-state index in [1.165, 1.54) is 17.9 Å². The highest BCUT2D eigenvalue weighted by molar-refractivity contribution is 9.10. The zero-order valence-electron chi connectivity index (χ0n) is 10.6. The Morgan fingerprint density at radius 3 is 2.58 bits per heavy atom. The first kappa shape index (κ1) is 14.0. The Hall–Kier alpha value is -1.42. The molecule has 2 heterocycles. The maximum atomic E-state index is 12.2. The molecule has 19 heavy (non-hydrogen) atoms. The highest BCUT2D eigenvalue weighted by atomic mass is 79.9. The van der Waals surface area contributed by atoms with Gasteiger partial charge in [-0.2, -0.15) is 13.5 Å². The zero-order valence-corrected chi connectivity index (χ0v) is 13.0.